The molecule has 0 amide bonds. The van der Waals surface area contributed by atoms with Crippen LogP contribution in [0.15, 0.2) is 0 Å². The first kappa shape index (κ1) is 11.3. The number of hydrogen-bond donors (Lipinski definition) is 1. The summed E-state index contributed by atoms with van der Waals surface area (Å²) in [5, 5.41) is 0. The second-order valence-electron chi connectivity index (χ2n) is 4.73. The van der Waals surface area contributed by atoms with Crippen LogP contribution in [0, 0.1) is 5.92 Å². The summed E-state index contributed by atoms with van der Waals surface area (Å²) in [7, 11) is 0. The van der Waals surface area contributed by atoms with Crippen molar-refractivity contribution in [2.75, 3.05) is 5.75 Å². The zero-order chi connectivity index (χ0) is 10.1. The number of rotatable bonds is 2. The second kappa shape index (κ2) is 4.20. The summed E-state index contributed by atoms with van der Waals surface area (Å²) in [6.07, 6.45) is 1.21. The molecule has 78 valence electrons. The van der Waals surface area contributed by atoms with E-state index in [-0.39, 0.29) is 18.0 Å². The molecule has 0 saturated carbocycles. The lowest BCUT2D eigenvalue weighted by Crippen LogP contribution is -2.27. The maximum Gasteiger partial charge on any atom is 0.159 e. The fraction of sp³-hybridized carbons (Fsp3) is 1.00. The van der Waals surface area contributed by atoms with Crippen LogP contribution in [-0.2, 0) is 9.47 Å². The van der Waals surface area contributed by atoms with Crippen LogP contribution in [0.4, 0.5) is 0 Å². The molecule has 13 heavy (non-hydrogen) atoms. The van der Waals surface area contributed by atoms with Crippen molar-refractivity contribution in [3.8, 4) is 0 Å². The van der Waals surface area contributed by atoms with Crippen LogP contribution >= 0.6 is 12.6 Å². The molecule has 1 aliphatic heterocycles. The van der Waals surface area contributed by atoms with Gasteiger partial charge in [0.2, 0.25) is 0 Å². The summed E-state index contributed by atoms with van der Waals surface area (Å²) in [5.74, 6) is 1.34. The zero-order valence-corrected chi connectivity index (χ0v) is 9.80. The molecule has 0 aromatic heterocycles. The van der Waals surface area contributed by atoms with E-state index in [1.807, 2.05) is 0 Å². The Bertz CT molecular complexity index is 165. The predicted octanol–water partition coefficient (Wildman–Crippen LogP) is 2.48. The van der Waals surface area contributed by atoms with Crippen molar-refractivity contribution in [3.05, 3.63) is 0 Å². The molecule has 1 rings (SSSR count). The average Bonchev–Trinajstić information content (AvgIpc) is 2.26. The van der Waals surface area contributed by atoms with Crippen LogP contribution in [0.25, 0.3) is 0 Å². The third-order valence-corrected chi connectivity index (χ3v) is 2.55. The summed E-state index contributed by atoms with van der Waals surface area (Å²) < 4.78 is 11.4. The van der Waals surface area contributed by atoms with Gasteiger partial charge in [-0.1, -0.05) is 6.92 Å². The van der Waals surface area contributed by atoms with Gasteiger partial charge in [0.05, 0.1) is 11.7 Å². The molecule has 3 heteroatoms. The highest BCUT2D eigenvalue weighted by Crippen LogP contribution is 2.29. The van der Waals surface area contributed by atoms with E-state index in [1.165, 1.54) is 0 Å². The molecule has 3 atom stereocenters. The van der Waals surface area contributed by atoms with Crippen molar-refractivity contribution in [1.82, 2.24) is 0 Å². The molecular formula is C10H20O2S. The minimum absolute atomic E-state index is 0.0350. The van der Waals surface area contributed by atoms with E-state index in [0.717, 1.165) is 12.2 Å². The molecular weight excluding hydrogens is 184 g/mol. The highest BCUT2D eigenvalue weighted by Gasteiger charge is 2.33. The fourth-order valence-electron chi connectivity index (χ4n) is 1.53. The summed E-state index contributed by atoms with van der Waals surface area (Å²) in [6.45, 7) is 8.34. The minimum atomic E-state index is -0.115. The molecule has 0 aliphatic carbocycles. The van der Waals surface area contributed by atoms with E-state index in [9.17, 15) is 0 Å². The lowest BCUT2D eigenvalue weighted by molar-refractivity contribution is -0.183. The normalized spacial score (nSPS) is 35.3. The standard InChI is InChI=1S/C10H20O2S/c1-7-5-9(11-8(7)6-13)12-10(2,3)4/h7-9,13H,5-6H2,1-4H3/t7-,8?,9?/m0/s1. The van der Waals surface area contributed by atoms with E-state index in [0.29, 0.717) is 5.92 Å². The maximum atomic E-state index is 5.74. The lowest BCUT2D eigenvalue weighted by atomic mass is 10.1. The summed E-state index contributed by atoms with van der Waals surface area (Å²) in [6, 6.07) is 0. The van der Waals surface area contributed by atoms with Crippen molar-refractivity contribution in [3.63, 3.8) is 0 Å². The van der Waals surface area contributed by atoms with Crippen molar-refractivity contribution in [1.29, 1.82) is 0 Å². The van der Waals surface area contributed by atoms with E-state index in [4.69, 9.17) is 9.47 Å². The summed E-state index contributed by atoms with van der Waals surface area (Å²) >= 11 is 4.25. The third kappa shape index (κ3) is 3.49. The maximum absolute atomic E-state index is 5.74. The van der Waals surface area contributed by atoms with Gasteiger partial charge < -0.3 is 9.47 Å². The second-order valence-corrected chi connectivity index (χ2v) is 5.10. The Morgan fingerprint density at radius 2 is 2.08 bits per heavy atom. The predicted molar refractivity (Wildman–Crippen MR) is 57.1 cm³/mol. The van der Waals surface area contributed by atoms with Gasteiger partial charge >= 0.3 is 0 Å². The van der Waals surface area contributed by atoms with Gasteiger partial charge in [-0.15, -0.1) is 0 Å². The molecule has 1 fully saturated rings. The highest BCUT2D eigenvalue weighted by atomic mass is 32.1. The number of hydrogen-bond acceptors (Lipinski definition) is 3. The molecule has 2 unspecified atom stereocenters. The molecule has 0 aromatic carbocycles. The first-order valence-electron chi connectivity index (χ1n) is 4.86. The highest BCUT2D eigenvalue weighted by molar-refractivity contribution is 7.80. The zero-order valence-electron chi connectivity index (χ0n) is 8.91. The van der Waals surface area contributed by atoms with Gasteiger partial charge in [-0.2, -0.15) is 12.6 Å². The quantitative estimate of drug-likeness (QED) is 0.697. The van der Waals surface area contributed by atoms with Gasteiger partial charge in [0, 0.05) is 12.2 Å². The van der Waals surface area contributed by atoms with Crippen LogP contribution < -0.4 is 0 Å². The minimum Gasteiger partial charge on any atom is -0.348 e. The van der Waals surface area contributed by atoms with E-state index in [1.54, 1.807) is 0 Å². The number of thiol groups is 1. The van der Waals surface area contributed by atoms with Gasteiger partial charge in [-0.3, -0.25) is 0 Å². The monoisotopic (exact) mass is 204 g/mol. The van der Waals surface area contributed by atoms with Crippen LogP contribution in [-0.4, -0.2) is 23.7 Å². The Morgan fingerprint density at radius 3 is 2.46 bits per heavy atom. The molecule has 0 spiro atoms. The molecule has 1 heterocycles. The van der Waals surface area contributed by atoms with Crippen molar-refractivity contribution >= 4 is 12.6 Å². The average molecular weight is 204 g/mol. The SMILES string of the molecule is C[C@H]1CC(OC(C)(C)C)OC1CS. The Kier molecular flexibility index (Phi) is 3.66. The van der Waals surface area contributed by atoms with Crippen LogP contribution in [0.3, 0.4) is 0 Å². The molecule has 2 nitrogen and oxygen atoms in total. The van der Waals surface area contributed by atoms with E-state index < -0.39 is 0 Å². The first-order chi connectivity index (χ1) is 5.92. The van der Waals surface area contributed by atoms with Crippen molar-refractivity contribution < 1.29 is 9.47 Å². The summed E-state index contributed by atoms with van der Waals surface area (Å²) in [4.78, 5) is 0. The molecule has 1 saturated heterocycles. The Labute approximate surface area is 86.4 Å². The third-order valence-electron chi connectivity index (χ3n) is 2.19. The van der Waals surface area contributed by atoms with Crippen LogP contribution in [0.1, 0.15) is 34.1 Å². The van der Waals surface area contributed by atoms with Gasteiger partial charge in [0.15, 0.2) is 6.29 Å². The fourth-order valence-corrected chi connectivity index (χ4v) is 1.98. The smallest absolute Gasteiger partial charge is 0.159 e. The molecule has 0 bridgehead atoms. The van der Waals surface area contributed by atoms with Gasteiger partial charge in [-0.05, 0) is 26.7 Å². The van der Waals surface area contributed by atoms with Gasteiger partial charge in [0.25, 0.3) is 0 Å². The topological polar surface area (TPSA) is 18.5 Å². The Hall–Kier alpha value is 0.270. The number of ether oxygens (including phenoxy) is 2. The molecule has 0 radical (unpaired) electrons. The lowest BCUT2D eigenvalue weighted by Gasteiger charge is -2.24. The van der Waals surface area contributed by atoms with Gasteiger partial charge in [-0.25, -0.2) is 0 Å². The molecule has 0 N–H and O–H groups in total. The van der Waals surface area contributed by atoms with Gasteiger partial charge in [0.1, 0.15) is 0 Å². The molecule has 1 aliphatic rings. The largest absolute Gasteiger partial charge is 0.348 e. The van der Waals surface area contributed by atoms with Crippen LogP contribution in [0.5, 0.6) is 0 Å². The van der Waals surface area contributed by atoms with E-state index >= 15 is 0 Å². The van der Waals surface area contributed by atoms with Crippen molar-refractivity contribution in [2.45, 2.75) is 52.1 Å². The summed E-state index contributed by atoms with van der Waals surface area (Å²) in [5.41, 5.74) is -0.115. The first-order valence-corrected chi connectivity index (χ1v) is 5.50. The Morgan fingerprint density at radius 1 is 1.46 bits per heavy atom. The Balaban J connectivity index is 2.40. The molecule has 0 aromatic rings. The van der Waals surface area contributed by atoms with E-state index in [2.05, 4.69) is 40.3 Å². The van der Waals surface area contributed by atoms with Crippen molar-refractivity contribution in [2.24, 2.45) is 5.92 Å². The van der Waals surface area contributed by atoms with Crippen LogP contribution in [0.2, 0.25) is 0 Å².